The first-order valence-corrected chi connectivity index (χ1v) is 11.2. The summed E-state index contributed by atoms with van der Waals surface area (Å²) in [5.41, 5.74) is 4.18. The van der Waals surface area contributed by atoms with E-state index in [1.165, 1.54) is 17.3 Å². The Morgan fingerprint density at radius 1 is 1.17 bits per heavy atom. The molecular weight excluding hydrogens is 501 g/mol. The number of anilines is 1. The minimum Gasteiger partial charge on any atom is -0.484 e. The summed E-state index contributed by atoms with van der Waals surface area (Å²) in [5, 5.41) is 11.2. The molecule has 0 fully saturated rings. The molecule has 0 saturated heterocycles. The van der Waals surface area contributed by atoms with Crippen LogP contribution in [-0.2, 0) is 17.8 Å². The van der Waals surface area contributed by atoms with E-state index in [4.69, 9.17) is 9.15 Å². The van der Waals surface area contributed by atoms with Crippen LogP contribution in [0, 0.1) is 17.4 Å². The fraction of sp³-hybridized carbons (Fsp3) is 0.286. The molecule has 2 aromatic carbocycles. The minimum atomic E-state index is -0.116. The van der Waals surface area contributed by atoms with Crippen molar-refractivity contribution in [1.29, 1.82) is 0 Å². The number of carbonyl (C=O) groups is 1. The van der Waals surface area contributed by atoms with Crippen molar-refractivity contribution in [1.82, 2.24) is 10.2 Å². The Labute approximate surface area is 188 Å². The molecule has 0 atom stereocenters. The summed E-state index contributed by atoms with van der Waals surface area (Å²) in [6.45, 7) is 6.26. The van der Waals surface area contributed by atoms with Crippen LogP contribution < -0.4 is 10.1 Å². The van der Waals surface area contributed by atoms with Gasteiger partial charge in [0.05, 0.1) is 5.75 Å². The second-order valence-electron chi connectivity index (χ2n) is 6.50. The van der Waals surface area contributed by atoms with Crippen LogP contribution in [0.5, 0.6) is 5.75 Å². The molecule has 0 radical (unpaired) electrons. The van der Waals surface area contributed by atoms with Gasteiger partial charge in [0, 0.05) is 9.26 Å². The quantitative estimate of drug-likeness (QED) is 0.325. The first kappa shape index (κ1) is 21.6. The van der Waals surface area contributed by atoms with E-state index in [-0.39, 0.29) is 18.3 Å². The lowest BCUT2D eigenvalue weighted by Gasteiger charge is -2.11. The average Bonchev–Trinajstić information content (AvgIpc) is 3.16. The van der Waals surface area contributed by atoms with Gasteiger partial charge < -0.3 is 14.5 Å². The molecule has 1 heterocycles. The molecule has 3 aromatic rings. The Morgan fingerprint density at radius 3 is 2.52 bits per heavy atom. The molecule has 0 aliphatic carbocycles. The molecule has 0 aliphatic heterocycles. The molecule has 0 spiro atoms. The number of ether oxygens (including phenoxy) is 1. The van der Waals surface area contributed by atoms with Crippen molar-refractivity contribution in [3.8, 4) is 5.75 Å². The third-order valence-corrected chi connectivity index (χ3v) is 5.67. The van der Waals surface area contributed by atoms with Crippen LogP contribution in [0.4, 0.5) is 5.69 Å². The maximum atomic E-state index is 12.3. The number of nitrogens with zero attached hydrogens (tertiary/aromatic N) is 2. The highest BCUT2D eigenvalue weighted by Gasteiger charge is 2.12. The first-order chi connectivity index (χ1) is 13.9. The average molecular weight is 523 g/mol. The van der Waals surface area contributed by atoms with E-state index in [9.17, 15) is 4.79 Å². The highest BCUT2D eigenvalue weighted by Crippen LogP contribution is 2.24. The van der Waals surface area contributed by atoms with Crippen molar-refractivity contribution in [2.75, 3.05) is 11.1 Å². The molecule has 1 N–H and O–H groups in total. The maximum Gasteiger partial charge on any atom is 0.277 e. The molecule has 0 aliphatic rings. The number of carbonyl (C=O) groups excluding carboxylic acids is 1. The van der Waals surface area contributed by atoms with Gasteiger partial charge in [0.2, 0.25) is 5.91 Å². The van der Waals surface area contributed by atoms with E-state index in [1.807, 2.05) is 50.2 Å². The van der Waals surface area contributed by atoms with Gasteiger partial charge in [-0.2, -0.15) is 0 Å². The van der Waals surface area contributed by atoms with Gasteiger partial charge in [0.25, 0.3) is 11.1 Å². The number of hydrogen-bond acceptors (Lipinski definition) is 6. The van der Waals surface area contributed by atoms with Crippen LogP contribution in [0.1, 0.15) is 29.5 Å². The van der Waals surface area contributed by atoms with E-state index in [0.717, 1.165) is 32.6 Å². The molecule has 0 bridgehead atoms. The van der Waals surface area contributed by atoms with Crippen molar-refractivity contribution < 1.29 is 13.9 Å². The number of thioether (sulfide) groups is 1. The number of nitrogens with one attached hydrogen (secondary N) is 1. The van der Waals surface area contributed by atoms with Gasteiger partial charge in [-0.05, 0) is 83.8 Å². The highest BCUT2D eigenvalue weighted by molar-refractivity contribution is 14.1. The number of amides is 1. The van der Waals surface area contributed by atoms with Crippen LogP contribution in [0.3, 0.4) is 0 Å². The Bertz CT molecular complexity index is 966. The van der Waals surface area contributed by atoms with Crippen molar-refractivity contribution in [2.45, 2.75) is 39.0 Å². The summed E-state index contributed by atoms with van der Waals surface area (Å²) < 4.78 is 12.4. The molecule has 152 valence electrons. The van der Waals surface area contributed by atoms with E-state index >= 15 is 0 Å². The second-order valence-corrected chi connectivity index (χ2v) is 8.67. The van der Waals surface area contributed by atoms with Crippen LogP contribution in [-0.4, -0.2) is 21.9 Å². The number of rotatable bonds is 8. The lowest BCUT2D eigenvalue weighted by molar-refractivity contribution is -0.113. The molecule has 0 saturated carbocycles. The van der Waals surface area contributed by atoms with Crippen molar-refractivity contribution >= 4 is 45.9 Å². The Hall–Kier alpha value is -2.07. The summed E-state index contributed by atoms with van der Waals surface area (Å²) in [6.07, 6.45) is 0.987. The number of hydrogen-bond donors (Lipinski definition) is 1. The van der Waals surface area contributed by atoms with Crippen LogP contribution >= 0.6 is 34.4 Å². The van der Waals surface area contributed by atoms with Gasteiger partial charge in [-0.1, -0.05) is 30.8 Å². The largest absolute Gasteiger partial charge is 0.484 e. The number of aromatic nitrogens is 2. The zero-order chi connectivity index (χ0) is 20.8. The van der Waals surface area contributed by atoms with Gasteiger partial charge >= 0.3 is 0 Å². The smallest absolute Gasteiger partial charge is 0.277 e. The summed E-state index contributed by atoms with van der Waals surface area (Å²) in [5.74, 6) is 1.19. The topological polar surface area (TPSA) is 77.2 Å². The Morgan fingerprint density at radius 2 is 1.86 bits per heavy atom. The molecule has 8 heteroatoms. The highest BCUT2D eigenvalue weighted by atomic mass is 127. The first-order valence-electron chi connectivity index (χ1n) is 9.18. The predicted octanol–water partition coefficient (Wildman–Crippen LogP) is 5.16. The van der Waals surface area contributed by atoms with E-state index < -0.39 is 0 Å². The Balaban J connectivity index is 1.49. The van der Waals surface area contributed by atoms with E-state index in [0.29, 0.717) is 11.1 Å². The van der Waals surface area contributed by atoms with Crippen molar-refractivity contribution in [2.24, 2.45) is 0 Å². The fourth-order valence-electron chi connectivity index (χ4n) is 2.73. The molecule has 0 unspecified atom stereocenters. The molecule has 29 heavy (non-hydrogen) atoms. The Kier molecular flexibility index (Phi) is 7.54. The van der Waals surface area contributed by atoms with Crippen LogP contribution in [0.15, 0.2) is 46.0 Å². The van der Waals surface area contributed by atoms with Crippen molar-refractivity contribution in [3.05, 3.63) is 62.5 Å². The summed E-state index contributed by atoms with van der Waals surface area (Å²) in [6, 6.07) is 12.0. The molecule has 1 amide bonds. The SMILES string of the molecule is CCc1ccc(OCc2nnc(SCC(=O)Nc3c(C)cc(I)cc3C)o2)cc1. The maximum absolute atomic E-state index is 12.3. The lowest BCUT2D eigenvalue weighted by Crippen LogP contribution is -2.16. The van der Waals surface area contributed by atoms with Gasteiger partial charge in [-0.25, -0.2) is 0 Å². The minimum absolute atomic E-state index is 0.116. The van der Waals surface area contributed by atoms with Gasteiger partial charge in [0.1, 0.15) is 5.75 Å². The van der Waals surface area contributed by atoms with E-state index in [1.54, 1.807) is 0 Å². The van der Waals surface area contributed by atoms with Gasteiger partial charge in [0.15, 0.2) is 6.61 Å². The van der Waals surface area contributed by atoms with Crippen molar-refractivity contribution in [3.63, 3.8) is 0 Å². The standard InChI is InChI=1S/C21H22IN3O3S/c1-4-15-5-7-17(8-6-15)27-11-19-24-25-21(28-19)29-12-18(26)23-20-13(2)9-16(22)10-14(20)3/h5-10H,4,11-12H2,1-3H3,(H,23,26). The molecule has 1 aromatic heterocycles. The van der Waals surface area contributed by atoms with E-state index in [2.05, 4.69) is 45.0 Å². The summed E-state index contributed by atoms with van der Waals surface area (Å²) in [7, 11) is 0. The van der Waals surface area contributed by atoms with Gasteiger partial charge in [-0.15, -0.1) is 10.2 Å². The number of benzene rings is 2. The third kappa shape index (κ3) is 6.20. The van der Waals surface area contributed by atoms with Crippen LogP contribution in [0.25, 0.3) is 0 Å². The normalized spacial score (nSPS) is 10.8. The zero-order valence-corrected chi connectivity index (χ0v) is 19.5. The number of halogens is 1. The predicted molar refractivity (Wildman–Crippen MR) is 122 cm³/mol. The number of aryl methyl sites for hydroxylation is 3. The second kappa shape index (κ2) is 10.1. The van der Waals surface area contributed by atoms with Crippen LogP contribution in [0.2, 0.25) is 0 Å². The zero-order valence-electron chi connectivity index (χ0n) is 16.5. The monoisotopic (exact) mass is 523 g/mol. The van der Waals surface area contributed by atoms with Gasteiger partial charge in [-0.3, -0.25) is 4.79 Å². The molecule has 6 nitrogen and oxygen atoms in total. The lowest BCUT2D eigenvalue weighted by atomic mass is 10.1. The molecule has 3 rings (SSSR count). The summed E-state index contributed by atoms with van der Waals surface area (Å²) >= 11 is 3.47. The third-order valence-electron chi connectivity index (χ3n) is 4.23. The fourth-order valence-corrected chi connectivity index (χ4v) is 4.25. The summed E-state index contributed by atoms with van der Waals surface area (Å²) in [4.78, 5) is 12.3. The molecular formula is C21H22IN3O3S.